The van der Waals surface area contributed by atoms with Gasteiger partial charge in [-0.3, -0.25) is 4.57 Å². The predicted molar refractivity (Wildman–Crippen MR) is 66.0 cm³/mol. The third-order valence-electron chi connectivity index (χ3n) is 2.64. The molecule has 0 aliphatic heterocycles. The molecule has 5 heteroatoms. The minimum atomic E-state index is -0.337. The first-order chi connectivity index (χ1) is 8.33. The number of hydrogen-bond acceptors (Lipinski definition) is 4. The van der Waals surface area contributed by atoms with Crippen LogP contribution in [0.4, 0.5) is 0 Å². The van der Waals surface area contributed by atoms with Crippen LogP contribution in [0.3, 0.4) is 0 Å². The molecular weight excluding hydrogens is 218 g/mol. The SMILES string of the molecule is CCCCNCCn1c(=O)oc2cccnc21. The van der Waals surface area contributed by atoms with Gasteiger partial charge in [-0.25, -0.2) is 9.78 Å². The Morgan fingerprint density at radius 2 is 2.35 bits per heavy atom. The zero-order valence-electron chi connectivity index (χ0n) is 9.98. The molecule has 2 rings (SSSR count). The maximum atomic E-state index is 11.6. The molecule has 0 spiro atoms. The number of nitrogens with zero attached hydrogens (tertiary/aromatic N) is 2. The molecule has 5 nitrogen and oxygen atoms in total. The van der Waals surface area contributed by atoms with Crippen molar-refractivity contribution in [2.45, 2.75) is 26.3 Å². The fourth-order valence-corrected chi connectivity index (χ4v) is 1.72. The molecule has 92 valence electrons. The van der Waals surface area contributed by atoms with Gasteiger partial charge >= 0.3 is 5.76 Å². The standard InChI is InChI=1S/C12H17N3O2/c1-2-3-6-13-8-9-15-11-10(17-12(15)16)5-4-7-14-11/h4-5,7,13H,2-3,6,8-9H2,1H3. The van der Waals surface area contributed by atoms with Crippen molar-refractivity contribution < 1.29 is 4.42 Å². The highest BCUT2D eigenvalue weighted by atomic mass is 16.4. The zero-order chi connectivity index (χ0) is 12.1. The van der Waals surface area contributed by atoms with Crippen LogP contribution < -0.4 is 11.1 Å². The smallest absolute Gasteiger partial charge is 0.406 e. The van der Waals surface area contributed by atoms with E-state index in [1.807, 2.05) is 0 Å². The third-order valence-corrected chi connectivity index (χ3v) is 2.64. The first-order valence-electron chi connectivity index (χ1n) is 5.98. The maximum Gasteiger partial charge on any atom is 0.421 e. The van der Waals surface area contributed by atoms with E-state index in [1.165, 1.54) is 6.42 Å². The van der Waals surface area contributed by atoms with Crippen molar-refractivity contribution >= 4 is 11.2 Å². The van der Waals surface area contributed by atoms with Gasteiger partial charge in [-0.2, -0.15) is 0 Å². The van der Waals surface area contributed by atoms with Crippen LogP contribution in [0.15, 0.2) is 27.5 Å². The summed E-state index contributed by atoms with van der Waals surface area (Å²) >= 11 is 0. The van der Waals surface area contributed by atoms with E-state index in [1.54, 1.807) is 22.9 Å². The van der Waals surface area contributed by atoms with Crippen LogP contribution in [0.1, 0.15) is 19.8 Å². The molecule has 2 aromatic rings. The molecule has 0 aliphatic carbocycles. The fraction of sp³-hybridized carbons (Fsp3) is 0.500. The van der Waals surface area contributed by atoms with Gasteiger partial charge in [-0.1, -0.05) is 13.3 Å². The summed E-state index contributed by atoms with van der Waals surface area (Å²) in [4.78, 5) is 15.7. The number of hydrogen-bond donors (Lipinski definition) is 1. The van der Waals surface area contributed by atoms with Crippen molar-refractivity contribution in [1.82, 2.24) is 14.9 Å². The van der Waals surface area contributed by atoms with Crippen LogP contribution in [0.5, 0.6) is 0 Å². The molecule has 0 saturated carbocycles. The molecular formula is C12H17N3O2. The van der Waals surface area contributed by atoms with Gasteiger partial charge in [-0.15, -0.1) is 0 Å². The quantitative estimate of drug-likeness (QED) is 0.768. The first-order valence-corrected chi connectivity index (χ1v) is 5.98. The molecule has 0 aliphatic rings. The second kappa shape index (κ2) is 5.63. The fourth-order valence-electron chi connectivity index (χ4n) is 1.72. The molecule has 0 radical (unpaired) electrons. The van der Waals surface area contributed by atoms with Gasteiger partial charge in [-0.05, 0) is 25.1 Å². The number of rotatable bonds is 6. The minimum Gasteiger partial charge on any atom is -0.406 e. The number of fused-ring (bicyclic) bond motifs is 1. The van der Waals surface area contributed by atoms with Gasteiger partial charge in [0.25, 0.3) is 0 Å². The number of oxazole rings is 1. The summed E-state index contributed by atoms with van der Waals surface area (Å²) in [5.74, 6) is -0.337. The Morgan fingerprint density at radius 3 is 3.18 bits per heavy atom. The largest absolute Gasteiger partial charge is 0.421 e. The van der Waals surface area contributed by atoms with E-state index in [0.717, 1.165) is 19.5 Å². The monoisotopic (exact) mass is 235 g/mol. The third kappa shape index (κ3) is 2.74. The Balaban J connectivity index is 2.03. The Morgan fingerprint density at radius 1 is 1.47 bits per heavy atom. The van der Waals surface area contributed by atoms with Gasteiger partial charge in [0.2, 0.25) is 0 Å². The summed E-state index contributed by atoms with van der Waals surface area (Å²) in [6, 6.07) is 3.51. The molecule has 0 unspecified atom stereocenters. The highest BCUT2D eigenvalue weighted by molar-refractivity contribution is 5.67. The molecule has 0 amide bonds. The number of pyridine rings is 1. The molecule has 17 heavy (non-hydrogen) atoms. The molecule has 1 N–H and O–H groups in total. The van der Waals surface area contributed by atoms with Crippen molar-refractivity contribution in [2.24, 2.45) is 0 Å². The van der Waals surface area contributed by atoms with Gasteiger partial charge in [0.05, 0.1) is 0 Å². The lowest BCUT2D eigenvalue weighted by atomic mass is 10.3. The minimum absolute atomic E-state index is 0.337. The lowest BCUT2D eigenvalue weighted by Crippen LogP contribution is -2.25. The number of unbranched alkanes of at least 4 members (excludes halogenated alkanes) is 1. The van der Waals surface area contributed by atoms with E-state index in [2.05, 4.69) is 17.2 Å². The Kier molecular flexibility index (Phi) is 3.93. The lowest BCUT2D eigenvalue weighted by molar-refractivity contribution is 0.492. The van der Waals surface area contributed by atoms with Gasteiger partial charge in [0.1, 0.15) is 0 Å². The van der Waals surface area contributed by atoms with E-state index < -0.39 is 0 Å². The molecule has 0 atom stereocenters. The lowest BCUT2D eigenvalue weighted by Gasteiger charge is -2.03. The molecule has 2 aromatic heterocycles. The first kappa shape index (κ1) is 11.9. The van der Waals surface area contributed by atoms with E-state index >= 15 is 0 Å². The Bertz CT molecular complexity index is 530. The van der Waals surface area contributed by atoms with Crippen molar-refractivity contribution in [3.8, 4) is 0 Å². The summed E-state index contributed by atoms with van der Waals surface area (Å²) in [6.45, 7) is 4.48. The average molecular weight is 235 g/mol. The summed E-state index contributed by atoms with van der Waals surface area (Å²) in [5.41, 5.74) is 1.17. The molecule has 0 bridgehead atoms. The van der Waals surface area contributed by atoms with Gasteiger partial charge in [0, 0.05) is 19.3 Å². The van der Waals surface area contributed by atoms with Gasteiger partial charge in [0.15, 0.2) is 11.2 Å². The number of nitrogens with one attached hydrogen (secondary N) is 1. The van der Waals surface area contributed by atoms with Crippen LogP contribution in [-0.2, 0) is 6.54 Å². The highest BCUT2D eigenvalue weighted by Gasteiger charge is 2.08. The van der Waals surface area contributed by atoms with Crippen LogP contribution >= 0.6 is 0 Å². The van der Waals surface area contributed by atoms with Crippen molar-refractivity contribution in [3.63, 3.8) is 0 Å². The van der Waals surface area contributed by atoms with Crippen LogP contribution in [-0.4, -0.2) is 22.6 Å². The molecule has 0 fully saturated rings. The molecule has 0 aromatic carbocycles. The summed E-state index contributed by atoms with van der Waals surface area (Å²) < 4.78 is 6.66. The van der Waals surface area contributed by atoms with Crippen molar-refractivity contribution in [1.29, 1.82) is 0 Å². The predicted octanol–water partition coefficient (Wildman–Crippen LogP) is 1.38. The zero-order valence-corrected chi connectivity index (χ0v) is 9.98. The highest BCUT2D eigenvalue weighted by Crippen LogP contribution is 2.07. The second-order valence-corrected chi connectivity index (χ2v) is 3.95. The van der Waals surface area contributed by atoms with Crippen molar-refractivity contribution in [2.75, 3.05) is 13.1 Å². The van der Waals surface area contributed by atoms with Crippen LogP contribution in [0.2, 0.25) is 0 Å². The number of aromatic nitrogens is 2. The van der Waals surface area contributed by atoms with E-state index in [-0.39, 0.29) is 5.76 Å². The summed E-state index contributed by atoms with van der Waals surface area (Å²) in [5, 5.41) is 3.29. The maximum absolute atomic E-state index is 11.6. The summed E-state index contributed by atoms with van der Waals surface area (Å²) in [7, 11) is 0. The topological polar surface area (TPSA) is 60.1 Å². The van der Waals surface area contributed by atoms with Gasteiger partial charge < -0.3 is 9.73 Å². The van der Waals surface area contributed by atoms with Crippen molar-refractivity contribution in [3.05, 3.63) is 28.9 Å². The average Bonchev–Trinajstić information content (AvgIpc) is 2.65. The van der Waals surface area contributed by atoms with E-state index in [9.17, 15) is 4.79 Å². The summed E-state index contributed by atoms with van der Waals surface area (Å²) in [6.07, 6.45) is 3.99. The normalized spacial score (nSPS) is 11.1. The van der Waals surface area contributed by atoms with E-state index in [0.29, 0.717) is 17.8 Å². The van der Waals surface area contributed by atoms with E-state index in [4.69, 9.17) is 4.42 Å². The Labute approximate surface area is 99.5 Å². The molecule has 2 heterocycles. The molecule has 0 saturated heterocycles. The second-order valence-electron chi connectivity index (χ2n) is 3.95. The Hall–Kier alpha value is -1.62. The van der Waals surface area contributed by atoms with Crippen LogP contribution in [0, 0.1) is 0 Å². The van der Waals surface area contributed by atoms with Crippen LogP contribution in [0.25, 0.3) is 11.2 Å².